The second-order valence-corrected chi connectivity index (χ2v) is 7.04. The Kier molecular flexibility index (Phi) is 4.76. The third kappa shape index (κ3) is 3.50. The Balaban J connectivity index is 1.58. The van der Waals surface area contributed by atoms with Gasteiger partial charge in [0.15, 0.2) is 5.69 Å². The number of nitrogens with zero attached hydrogens (tertiary/aromatic N) is 2. The van der Waals surface area contributed by atoms with Crippen molar-refractivity contribution in [3.05, 3.63) is 75.3 Å². The van der Waals surface area contributed by atoms with Gasteiger partial charge in [0.1, 0.15) is 5.82 Å². The van der Waals surface area contributed by atoms with Gasteiger partial charge in [0, 0.05) is 11.3 Å². The van der Waals surface area contributed by atoms with Crippen molar-refractivity contribution in [1.82, 2.24) is 15.2 Å². The molecule has 8 heteroatoms. The minimum absolute atomic E-state index is 0.314. The summed E-state index contributed by atoms with van der Waals surface area (Å²) in [5.74, 6) is -0.661. The highest BCUT2D eigenvalue weighted by Crippen LogP contribution is 2.28. The van der Waals surface area contributed by atoms with Crippen LogP contribution in [-0.2, 0) is 12.8 Å². The maximum absolute atomic E-state index is 13.2. The first-order valence-electron chi connectivity index (χ1n) is 8.41. The lowest BCUT2D eigenvalue weighted by Gasteiger charge is -2.09. The molecule has 3 aromatic rings. The molecule has 138 valence electrons. The lowest BCUT2D eigenvalue weighted by molar-refractivity contribution is 0.0956. The van der Waals surface area contributed by atoms with Gasteiger partial charge in [-0.25, -0.2) is 9.07 Å². The highest BCUT2D eigenvalue weighted by atomic mass is 35.5. The summed E-state index contributed by atoms with van der Waals surface area (Å²) in [5.41, 5.74) is 9.06. The van der Waals surface area contributed by atoms with Crippen LogP contribution in [0.4, 0.5) is 10.1 Å². The molecule has 2 N–H and O–H groups in total. The summed E-state index contributed by atoms with van der Waals surface area (Å²) >= 11 is 11.9. The quantitative estimate of drug-likeness (QED) is 0.626. The molecule has 0 unspecified atom stereocenters. The fourth-order valence-corrected chi connectivity index (χ4v) is 3.48. The molecule has 0 radical (unpaired) electrons. The molecule has 27 heavy (non-hydrogen) atoms. The number of carbonyl (C=O) groups excluding carboxylic acids is 1. The second kappa shape index (κ2) is 7.21. The van der Waals surface area contributed by atoms with Crippen molar-refractivity contribution < 1.29 is 9.18 Å². The van der Waals surface area contributed by atoms with Gasteiger partial charge in [-0.1, -0.05) is 23.2 Å². The van der Waals surface area contributed by atoms with Crippen molar-refractivity contribution in [2.24, 2.45) is 0 Å². The number of hydrogen-bond acceptors (Lipinski definition) is 3. The number of anilines is 1. The zero-order chi connectivity index (χ0) is 19.0. The van der Waals surface area contributed by atoms with Crippen LogP contribution in [0.25, 0.3) is 5.69 Å². The van der Waals surface area contributed by atoms with E-state index in [1.54, 1.807) is 35.0 Å². The van der Waals surface area contributed by atoms with Gasteiger partial charge in [0.2, 0.25) is 0 Å². The Morgan fingerprint density at radius 3 is 2.59 bits per heavy atom. The number of hydrazine groups is 1. The van der Waals surface area contributed by atoms with E-state index in [0.717, 1.165) is 36.2 Å². The van der Waals surface area contributed by atoms with Crippen molar-refractivity contribution >= 4 is 34.8 Å². The van der Waals surface area contributed by atoms with Crippen LogP contribution in [0.5, 0.6) is 0 Å². The molecule has 0 aliphatic heterocycles. The minimum atomic E-state index is -0.347. The number of halogens is 3. The molecule has 0 spiro atoms. The van der Waals surface area contributed by atoms with E-state index in [9.17, 15) is 9.18 Å². The molecule has 1 amide bonds. The predicted molar refractivity (Wildman–Crippen MR) is 103 cm³/mol. The van der Waals surface area contributed by atoms with Gasteiger partial charge in [-0.3, -0.25) is 15.6 Å². The number of carbonyl (C=O) groups is 1. The molecule has 1 aliphatic carbocycles. The maximum atomic E-state index is 13.2. The number of rotatable bonds is 4. The fourth-order valence-electron chi connectivity index (χ4n) is 3.18. The standard InChI is InChI=1S/C19H15Cl2FN4O/c20-15-9-6-12(10-16(15)21)23-24-19(27)18-14-2-1-3-17(14)26(25-18)13-7-4-11(22)5-8-13/h4-10,23H,1-3H2,(H,24,27). The summed E-state index contributed by atoms with van der Waals surface area (Å²) in [6.45, 7) is 0. The Labute approximate surface area is 165 Å². The van der Waals surface area contributed by atoms with Crippen molar-refractivity contribution in [3.8, 4) is 5.69 Å². The summed E-state index contributed by atoms with van der Waals surface area (Å²) in [6, 6.07) is 11.0. The lowest BCUT2D eigenvalue weighted by atomic mass is 10.2. The van der Waals surface area contributed by atoms with Gasteiger partial charge in [-0.05, 0) is 61.7 Å². The summed E-state index contributed by atoms with van der Waals surface area (Å²) in [5, 5.41) is 5.29. The predicted octanol–water partition coefficient (Wildman–Crippen LogP) is 4.56. The molecule has 0 saturated carbocycles. The minimum Gasteiger partial charge on any atom is -0.298 e. The summed E-state index contributed by atoms with van der Waals surface area (Å²) in [7, 11) is 0. The van der Waals surface area contributed by atoms with Crippen LogP contribution < -0.4 is 10.9 Å². The first-order chi connectivity index (χ1) is 13.0. The van der Waals surface area contributed by atoms with Gasteiger partial charge < -0.3 is 0 Å². The highest BCUT2D eigenvalue weighted by Gasteiger charge is 2.27. The van der Waals surface area contributed by atoms with Crippen LogP contribution in [0.1, 0.15) is 28.2 Å². The van der Waals surface area contributed by atoms with Gasteiger partial charge in [0.05, 0.1) is 21.4 Å². The molecule has 0 fully saturated rings. The molecular weight excluding hydrogens is 390 g/mol. The van der Waals surface area contributed by atoms with Crippen molar-refractivity contribution in [2.45, 2.75) is 19.3 Å². The highest BCUT2D eigenvalue weighted by molar-refractivity contribution is 6.42. The molecule has 0 bridgehead atoms. The first-order valence-corrected chi connectivity index (χ1v) is 9.16. The molecule has 1 aromatic heterocycles. The van der Waals surface area contributed by atoms with E-state index in [1.807, 2.05) is 0 Å². The topological polar surface area (TPSA) is 59.0 Å². The van der Waals surface area contributed by atoms with Crippen LogP contribution >= 0.6 is 23.2 Å². The Bertz CT molecular complexity index is 1020. The van der Waals surface area contributed by atoms with Gasteiger partial charge in [-0.15, -0.1) is 0 Å². The fraction of sp³-hybridized carbons (Fsp3) is 0.158. The van der Waals surface area contributed by atoms with Gasteiger partial charge >= 0.3 is 0 Å². The Morgan fingerprint density at radius 2 is 1.85 bits per heavy atom. The van der Waals surface area contributed by atoms with Crippen LogP contribution in [-0.4, -0.2) is 15.7 Å². The molecule has 0 saturated heterocycles. The van der Waals surface area contributed by atoms with E-state index in [1.165, 1.54) is 12.1 Å². The second-order valence-electron chi connectivity index (χ2n) is 6.22. The normalized spacial score (nSPS) is 12.7. The van der Waals surface area contributed by atoms with Gasteiger partial charge in [-0.2, -0.15) is 5.10 Å². The van der Waals surface area contributed by atoms with Crippen molar-refractivity contribution in [2.75, 3.05) is 5.43 Å². The number of benzene rings is 2. The first kappa shape index (κ1) is 17.8. The zero-order valence-electron chi connectivity index (χ0n) is 14.1. The third-order valence-corrected chi connectivity index (χ3v) is 5.20. The van der Waals surface area contributed by atoms with E-state index >= 15 is 0 Å². The molecular formula is C19H15Cl2FN4O. The summed E-state index contributed by atoms with van der Waals surface area (Å²) in [6.07, 6.45) is 2.56. The molecule has 1 heterocycles. The smallest absolute Gasteiger partial charge is 0.290 e. The van der Waals surface area contributed by atoms with Crippen LogP contribution in [0.2, 0.25) is 10.0 Å². The van der Waals surface area contributed by atoms with E-state index in [-0.39, 0.29) is 11.7 Å². The third-order valence-electron chi connectivity index (χ3n) is 4.46. The number of hydrogen-bond donors (Lipinski definition) is 2. The summed E-state index contributed by atoms with van der Waals surface area (Å²) in [4.78, 5) is 12.7. The molecule has 1 aliphatic rings. The Hall–Kier alpha value is -2.57. The average molecular weight is 405 g/mol. The number of nitrogens with one attached hydrogen (secondary N) is 2. The molecule has 4 rings (SSSR count). The average Bonchev–Trinajstić information content (AvgIpc) is 3.26. The van der Waals surface area contributed by atoms with Crippen LogP contribution in [0.15, 0.2) is 42.5 Å². The van der Waals surface area contributed by atoms with Crippen molar-refractivity contribution in [1.29, 1.82) is 0 Å². The zero-order valence-corrected chi connectivity index (χ0v) is 15.6. The van der Waals surface area contributed by atoms with Gasteiger partial charge in [0.25, 0.3) is 5.91 Å². The van der Waals surface area contributed by atoms with E-state index in [4.69, 9.17) is 23.2 Å². The number of aromatic nitrogens is 2. The number of fused-ring (bicyclic) bond motifs is 1. The maximum Gasteiger partial charge on any atom is 0.290 e. The monoisotopic (exact) mass is 404 g/mol. The largest absolute Gasteiger partial charge is 0.298 e. The number of amides is 1. The van der Waals surface area contributed by atoms with Crippen LogP contribution in [0, 0.1) is 5.82 Å². The molecule has 2 aromatic carbocycles. The summed E-state index contributed by atoms with van der Waals surface area (Å²) < 4.78 is 14.9. The molecule has 5 nitrogen and oxygen atoms in total. The molecule has 0 atom stereocenters. The van der Waals surface area contributed by atoms with E-state index in [0.29, 0.717) is 21.4 Å². The Morgan fingerprint density at radius 1 is 1.07 bits per heavy atom. The van der Waals surface area contributed by atoms with E-state index < -0.39 is 0 Å². The van der Waals surface area contributed by atoms with E-state index in [2.05, 4.69) is 16.0 Å². The SMILES string of the molecule is O=C(NNc1ccc(Cl)c(Cl)c1)c1nn(-c2ccc(F)cc2)c2c1CCC2. The van der Waals surface area contributed by atoms with Crippen molar-refractivity contribution in [3.63, 3.8) is 0 Å². The lowest BCUT2D eigenvalue weighted by Crippen LogP contribution is -2.30. The van der Waals surface area contributed by atoms with Crippen LogP contribution in [0.3, 0.4) is 0 Å².